The number of hydrogen-bond acceptors (Lipinski definition) is 13. The fraction of sp³-hybridized carbons (Fsp3) is 0.397. The van der Waals surface area contributed by atoms with Gasteiger partial charge in [0.15, 0.2) is 0 Å². The molecule has 1 saturated carbocycles. The number of oxime groups is 1. The van der Waals surface area contributed by atoms with Crippen molar-refractivity contribution in [3.63, 3.8) is 0 Å². The maximum Gasteiger partial charge on any atom is 0.417 e. The van der Waals surface area contributed by atoms with E-state index in [0.717, 1.165) is 52.3 Å². The quantitative estimate of drug-likeness (QED) is 0.0303. The van der Waals surface area contributed by atoms with E-state index in [1.54, 1.807) is 48.4 Å². The number of methoxy groups -OCH3 is 2. The normalized spacial score (nSPS) is 21.2. The number of benzene rings is 5. The molecule has 6 atom stereocenters. The summed E-state index contributed by atoms with van der Waals surface area (Å²) in [7, 11) is 4.56. The number of aliphatic hydroxyl groups excluding tert-OH is 2. The van der Waals surface area contributed by atoms with Gasteiger partial charge in [-0.2, -0.15) is 0 Å². The average molecular weight is 998 g/mol. The lowest BCUT2D eigenvalue weighted by atomic mass is 9.55. The average Bonchev–Trinajstić information content (AvgIpc) is 3.41. The van der Waals surface area contributed by atoms with Crippen molar-refractivity contribution >= 4 is 34.4 Å². The van der Waals surface area contributed by atoms with E-state index >= 15 is 4.79 Å². The van der Waals surface area contributed by atoms with Gasteiger partial charge in [0.05, 0.1) is 57.9 Å². The summed E-state index contributed by atoms with van der Waals surface area (Å²) in [6, 6.07) is 33.4. The van der Waals surface area contributed by atoms with Gasteiger partial charge in [0.1, 0.15) is 42.8 Å². The first-order valence-corrected chi connectivity index (χ1v) is 25.1. The highest BCUT2D eigenvalue weighted by atomic mass is 16.7. The van der Waals surface area contributed by atoms with E-state index in [1.807, 2.05) is 78.9 Å². The fourth-order valence-corrected chi connectivity index (χ4v) is 10.9. The summed E-state index contributed by atoms with van der Waals surface area (Å²) in [6.07, 6.45) is 6.92. The van der Waals surface area contributed by atoms with Crippen LogP contribution in [0.3, 0.4) is 0 Å². The summed E-state index contributed by atoms with van der Waals surface area (Å²) >= 11 is 0. The number of aliphatic hydroxyl groups is 2. The lowest BCUT2D eigenvalue weighted by molar-refractivity contribution is -0.256. The number of anilines is 1. The Bertz CT molecular complexity index is 2720. The molecular weight excluding hydrogens is 931 g/mol. The molecule has 0 unspecified atom stereocenters. The molecule has 2 amide bonds. The van der Waals surface area contributed by atoms with Crippen molar-refractivity contribution in [1.82, 2.24) is 4.90 Å². The number of allylic oxidation sites excluding steroid dienone is 1. The molecule has 3 aliphatic rings. The van der Waals surface area contributed by atoms with Gasteiger partial charge in [-0.15, -0.1) is 6.58 Å². The third-order valence-corrected chi connectivity index (χ3v) is 14.1. The molecule has 15 nitrogen and oxygen atoms in total. The SMILES string of the molecule is C=CCO[C@@]12Oc3ccc(OC(=O)Nc4ccc(OC)cc4OC)cc3[C@H]3[C@H](CCCCO)[C@@H](CCCCO)C=C(C(=NOC)C[C@@H]1N(Cc1cccc4ccccc14)C(=O)OCCOCc1ccccc1)[C@H]32. The van der Waals surface area contributed by atoms with E-state index in [0.29, 0.717) is 54.5 Å². The lowest BCUT2D eigenvalue weighted by Gasteiger charge is -2.59. The van der Waals surface area contributed by atoms with E-state index in [2.05, 4.69) is 18.0 Å². The summed E-state index contributed by atoms with van der Waals surface area (Å²) in [6.45, 7) is 4.84. The summed E-state index contributed by atoms with van der Waals surface area (Å²) in [5.41, 5.74) is 4.53. The van der Waals surface area contributed by atoms with Crippen molar-refractivity contribution < 1.29 is 57.8 Å². The number of rotatable bonds is 24. The van der Waals surface area contributed by atoms with Crippen LogP contribution in [0, 0.1) is 17.8 Å². The zero-order valence-electron chi connectivity index (χ0n) is 41.9. The largest absolute Gasteiger partial charge is 0.497 e. The van der Waals surface area contributed by atoms with Gasteiger partial charge in [0.2, 0.25) is 5.79 Å². The molecule has 0 saturated heterocycles. The Morgan fingerprint density at radius 1 is 0.863 bits per heavy atom. The van der Waals surface area contributed by atoms with E-state index in [4.69, 9.17) is 43.2 Å². The number of carbonyl (C=O) groups excluding carboxylic acids is 2. The monoisotopic (exact) mass is 997 g/mol. The van der Waals surface area contributed by atoms with Crippen molar-refractivity contribution in [2.75, 3.05) is 59.7 Å². The van der Waals surface area contributed by atoms with Gasteiger partial charge in [0.25, 0.3) is 0 Å². The number of nitrogens with zero attached hydrogens (tertiary/aromatic N) is 2. The highest BCUT2D eigenvalue weighted by molar-refractivity contribution is 6.03. The van der Waals surface area contributed by atoms with Gasteiger partial charge >= 0.3 is 12.2 Å². The number of carbonyl (C=O) groups is 2. The van der Waals surface area contributed by atoms with E-state index < -0.39 is 29.9 Å². The number of ether oxygens (including phenoxy) is 7. The van der Waals surface area contributed by atoms with Crippen LogP contribution in [0.1, 0.15) is 67.6 Å². The van der Waals surface area contributed by atoms with Crippen molar-refractivity contribution in [2.24, 2.45) is 22.9 Å². The van der Waals surface area contributed by atoms with E-state index in [1.165, 1.54) is 14.2 Å². The maximum absolute atomic E-state index is 15.2. The first kappa shape index (κ1) is 52.4. The van der Waals surface area contributed by atoms with Crippen LogP contribution in [0.4, 0.5) is 15.3 Å². The zero-order valence-corrected chi connectivity index (χ0v) is 41.9. The Morgan fingerprint density at radius 2 is 1.63 bits per heavy atom. The molecule has 15 heteroatoms. The van der Waals surface area contributed by atoms with Gasteiger partial charge in [0, 0.05) is 37.2 Å². The molecule has 1 aliphatic heterocycles. The predicted octanol–water partition coefficient (Wildman–Crippen LogP) is 10.6. The third kappa shape index (κ3) is 12.0. The van der Waals surface area contributed by atoms with Gasteiger partial charge < -0.3 is 48.2 Å². The number of unbranched alkanes of at least 4 members (excludes halogenated alkanes) is 2. The highest BCUT2D eigenvalue weighted by Crippen LogP contribution is 2.62. The molecule has 0 aromatic heterocycles. The number of fused-ring (bicyclic) bond motifs is 3. The second kappa shape index (κ2) is 25.2. The zero-order chi connectivity index (χ0) is 51.2. The molecule has 1 heterocycles. The topological polar surface area (TPSA) is 176 Å². The maximum atomic E-state index is 15.2. The molecule has 386 valence electrons. The Labute approximate surface area is 427 Å². The van der Waals surface area contributed by atoms with E-state index in [9.17, 15) is 15.0 Å². The van der Waals surface area contributed by atoms with Crippen LogP contribution in [-0.4, -0.2) is 99.2 Å². The molecule has 73 heavy (non-hydrogen) atoms. The van der Waals surface area contributed by atoms with Crippen molar-refractivity contribution in [1.29, 1.82) is 0 Å². The van der Waals surface area contributed by atoms with Gasteiger partial charge in [-0.3, -0.25) is 10.2 Å². The van der Waals surface area contributed by atoms with Crippen molar-refractivity contribution in [3.05, 3.63) is 150 Å². The highest BCUT2D eigenvalue weighted by Gasteiger charge is 2.65. The molecule has 5 aromatic rings. The molecule has 0 spiro atoms. The van der Waals surface area contributed by atoms with Crippen LogP contribution >= 0.6 is 0 Å². The molecule has 0 bridgehead atoms. The minimum absolute atomic E-state index is 0.0189. The summed E-state index contributed by atoms with van der Waals surface area (Å²) in [5.74, 6) is -0.977. The van der Waals surface area contributed by atoms with Gasteiger partial charge in [-0.05, 0) is 95.3 Å². The Morgan fingerprint density at radius 3 is 2.40 bits per heavy atom. The second-order valence-corrected chi connectivity index (χ2v) is 18.5. The molecule has 0 radical (unpaired) electrons. The van der Waals surface area contributed by atoms with Gasteiger partial charge in [-0.25, -0.2) is 9.59 Å². The van der Waals surface area contributed by atoms with Crippen LogP contribution in [0.25, 0.3) is 10.8 Å². The first-order chi connectivity index (χ1) is 35.7. The van der Waals surface area contributed by atoms with Crippen LogP contribution in [-0.2, 0) is 32.2 Å². The van der Waals surface area contributed by atoms with Crippen LogP contribution in [0.2, 0.25) is 0 Å². The van der Waals surface area contributed by atoms with Crippen LogP contribution in [0.5, 0.6) is 23.0 Å². The Hall–Kier alpha value is -6.91. The first-order valence-electron chi connectivity index (χ1n) is 25.1. The Balaban J connectivity index is 1.25. The van der Waals surface area contributed by atoms with Gasteiger partial charge in [-0.1, -0.05) is 103 Å². The second-order valence-electron chi connectivity index (χ2n) is 18.5. The smallest absolute Gasteiger partial charge is 0.417 e. The minimum Gasteiger partial charge on any atom is -0.497 e. The minimum atomic E-state index is -1.58. The number of hydrogen-bond donors (Lipinski definition) is 3. The Kier molecular flexibility index (Phi) is 18.1. The van der Waals surface area contributed by atoms with Crippen molar-refractivity contribution in [2.45, 2.75) is 75.8 Å². The number of amides is 2. The van der Waals surface area contributed by atoms with E-state index in [-0.39, 0.29) is 69.5 Å². The fourth-order valence-electron chi connectivity index (χ4n) is 10.9. The number of nitrogens with one attached hydrogen (secondary N) is 1. The van der Waals surface area contributed by atoms with Crippen LogP contribution < -0.4 is 24.3 Å². The van der Waals surface area contributed by atoms with Crippen LogP contribution in [0.15, 0.2) is 139 Å². The summed E-state index contributed by atoms with van der Waals surface area (Å²) in [5, 5.41) is 29.6. The predicted molar refractivity (Wildman–Crippen MR) is 278 cm³/mol. The molecule has 3 N–H and O–H groups in total. The molecule has 1 fully saturated rings. The molecule has 5 aromatic carbocycles. The molecular formula is C58H67N3O12. The third-order valence-electron chi connectivity index (χ3n) is 14.1. The summed E-state index contributed by atoms with van der Waals surface area (Å²) < 4.78 is 43.7. The standard InChI is InChI=1S/C58H67N3O12/c1-5-30-71-58-53(61(37-42-21-15-20-40-18-9-10-22-45(40)42)57(65)70-32-31-69-38-39-16-7-6-8-17-39)36-50(60-68-4)47-33-41(19-11-13-28-62)46(23-12-14-29-63)54(55(47)58)48-34-44(25-27-51(48)73-58)72-56(64)59-49-26-24-43(66-2)35-52(49)67-3/h5-10,15-18,20-22,24-27,33-35,41,46,53-55,62-63H,1,11-14,19,23,28-32,36-38H2,2-4H3,(H,59,64)/t41-,46+,53-,54+,55+,58+/m0/s1. The lowest BCUT2D eigenvalue weighted by Crippen LogP contribution is -2.70. The molecule has 2 aliphatic carbocycles. The summed E-state index contributed by atoms with van der Waals surface area (Å²) in [4.78, 5) is 36.2. The van der Waals surface area contributed by atoms with Crippen molar-refractivity contribution in [3.8, 4) is 23.0 Å². The molecule has 8 rings (SSSR count).